The molecule has 2 atom stereocenters. The van der Waals surface area contributed by atoms with Crippen molar-refractivity contribution in [2.24, 2.45) is 0 Å². The zero-order valence-electron chi connectivity index (χ0n) is 50.1. The summed E-state index contributed by atoms with van der Waals surface area (Å²) in [5.74, 6) is -2.01. The maximum atomic E-state index is 12.9. The average Bonchev–Trinajstić information content (AvgIpc) is 3.40. The van der Waals surface area contributed by atoms with E-state index in [1.54, 1.807) is 0 Å². The van der Waals surface area contributed by atoms with Gasteiger partial charge in [-0.15, -0.1) is 0 Å². The second-order valence-corrected chi connectivity index (χ2v) is 21.6. The van der Waals surface area contributed by atoms with Gasteiger partial charge in [-0.05, 0) is 83.5 Å². The molecule has 0 aliphatic carbocycles. The van der Waals surface area contributed by atoms with Crippen LogP contribution in [0.5, 0.6) is 0 Å². The number of carboxylic acids is 1. The van der Waals surface area contributed by atoms with E-state index in [0.717, 1.165) is 103 Å². The number of nitrogens with zero attached hydrogens (tertiary/aromatic N) is 1. The fraction of sp³-hybridized carbons (Fsp3) is 0.691. The number of rotatable bonds is 56. The van der Waals surface area contributed by atoms with Crippen LogP contribution in [0.3, 0.4) is 0 Å². The summed E-state index contributed by atoms with van der Waals surface area (Å²) in [6.07, 6.45) is 77.5. The quantitative estimate of drug-likeness (QED) is 0.0211. The molecule has 0 heterocycles. The monoisotopic (exact) mass is 1070 g/mol. The van der Waals surface area contributed by atoms with E-state index in [2.05, 4.69) is 123 Å². The molecule has 0 spiro atoms. The van der Waals surface area contributed by atoms with Crippen molar-refractivity contribution >= 4 is 17.9 Å². The molecule has 0 bridgehead atoms. The van der Waals surface area contributed by atoms with Gasteiger partial charge in [0.15, 0.2) is 6.10 Å². The Morgan fingerprint density at radius 3 is 1.10 bits per heavy atom. The maximum Gasteiger partial charge on any atom is 0.361 e. The smallest absolute Gasteiger partial charge is 0.361 e. The van der Waals surface area contributed by atoms with Crippen LogP contribution in [-0.2, 0) is 33.3 Å². The molecule has 0 saturated carbocycles. The second-order valence-electron chi connectivity index (χ2n) is 21.6. The van der Waals surface area contributed by atoms with Crippen LogP contribution in [0.25, 0.3) is 0 Å². The van der Waals surface area contributed by atoms with Crippen molar-refractivity contribution in [3.05, 3.63) is 109 Å². The van der Waals surface area contributed by atoms with E-state index in [4.69, 9.17) is 18.9 Å². The second kappa shape index (κ2) is 58.1. The number of ether oxygens (including phenoxy) is 4. The lowest BCUT2D eigenvalue weighted by Gasteiger charge is -2.25. The summed E-state index contributed by atoms with van der Waals surface area (Å²) >= 11 is 0. The summed E-state index contributed by atoms with van der Waals surface area (Å²) < 4.78 is 22.9. The first kappa shape index (κ1) is 73.0. The lowest BCUT2D eigenvalue weighted by Crippen LogP contribution is -2.40. The van der Waals surface area contributed by atoms with Gasteiger partial charge in [-0.25, -0.2) is 4.79 Å². The summed E-state index contributed by atoms with van der Waals surface area (Å²) in [6.45, 7) is 4.76. The Hall–Kier alpha value is -4.05. The molecule has 0 saturated heterocycles. The first-order chi connectivity index (χ1) is 37.6. The minimum atomic E-state index is -1.51. The van der Waals surface area contributed by atoms with Crippen LogP contribution in [-0.4, -0.2) is 87.4 Å². The number of carboxylic acid groups (broad SMARTS) is 1. The standard InChI is InChI=1S/C68H115NO8/c1-6-8-10-12-14-16-18-20-21-22-23-24-25-26-27-28-29-30-31-32-33-34-35-36-37-38-39-40-41-42-43-44-45-47-49-51-53-55-57-59-66(71)77-64(63-76-68(67(72)73)74-61-60-69(3,4)5)62-75-65(70)58-56-54-52-50-48-46-19-17-15-13-11-9-7-2/h8,10,14,16,20-21,23-24,26-27,29-30,32-33,35-36,38-39,64,68H,6-7,9,11-13,15,17-19,22,25,28,31,34,37,40-63H2,1-5H3/p+1/b10-8-,16-14-,21-20-,24-23-,27-26-,30-29-,33-32-,36-35-,39-38-. The van der Waals surface area contributed by atoms with Gasteiger partial charge in [0.25, 0.3) is 6.29 Å². The lowest BCUT2D eigenvalue weighted by molar-refractivity contribution is -0.870. The molecular formula is C68H116NO8+. The van der Waals surface area contributed by atoms with E-state index >= 15 is 0 Å². The molecular weight excluding hydrogens is 959 g/mol. The number of allylic oxidation sites excluding steroid dienone is 18. The van der Waals surface area contributed by atoms with E-state index in [9.17, 15) is 19.5 Å². The Morgan fingerprint density at radius 1 is 0.403 bits per heavy atom. The van der Waals surface area contributed by atoms with E-state index < -0.39 is 24.3 Å². The van der Waals surface area contributed by atoms with Crippen LogP contribution in [0.15, 0.2) is 109 Å². The molecule has 0 aromatic carbocycles. The van der Waals surface area contributed by atoms with Gasteiger partial charge in [-0.2, -0.15) is 0 Å². The van der Waals surface area contributed by atoms with Gasteiger partial charge in [0.05, 0.1) is 34.4 Å². The number of hydrogen-bond acceptors (Lipinski definition) is 7. The Balaban J connectivity index is 4.11. The van der Waals surface area contributed by atoms with Crippen LogP contribution < -0.4 is 0 Å². The molecule has 2 unspecified atom stereocenters. The van der Waals surface area contributed by atoms with Gasteiger partial charge < -0.3 is 28.5 Å². The first-order valence-corrected chi connectivity index (χ1v) is 31.1. The maximum absolute atomic E-state index is 12.9. The highest BCUT2D eigenvalue weighted by molar-refractivity contribution is 5.71. The van der Waals surface area contributed by atoms with Gasteiger partial charge in [0.2, 0.25) is 0 Å². The van der Waals surface area contributed by atoms with E-state index in [-0.39, 0.29) is 32.2 Å². The predicted molar refractivity (Wildman–Crippen MR) is 327 cm³/mol. The highest BCUT2D eigenvalue weighted by Crippen LogP contribution is 2.16. The predicted octanol–water partition coefficient (Wildman–Crippen LogP) is 18.7. The number of likely N-dealkylation sites (N-methyl/N-ethyl adjacent to an activating group) is 1. The largest absolute Gasteiger partial charge is 0.477 e. The fourth-order valence-electron chi connectivity index (χ4n) is 8.30. The highest BCUT2D eigenvalue weighted by Gasteiger charge is 2.25. The molecule has 77 heavy (non-hydrogen) atoms. The Labute approximate surface area is 473 Å². The number of unbranched alkanes of at least 4 members (excludes halogenated alkanes) is 23. The number of quaternary nitrogens is 1. The number of carbonyl (C=O) groups excluding carboxylic acids is 2. The molecule has 440 valence electrons. The van der Waals surface area contributed by atoms with Crippen LogP contribution in [0.1, 0.15) is 245 Å². The molecule has 0 aromatic heterocycles. The number of hydrogen-bond donors (Lipinski definition) is 1. The summed E-state index contributed by atoms with van der Waals surface area (Å²) in [5, 5.41) is 9.70. The normalized spacial score (nSPS) is 13.5. The Kier molecular flexibility index (Phi) is 55.1. The van der Waals surface area contributed by atoms with Crippen LogP contribution in [0.2, 0.25) is 0 Å². The van der Waals surface area contributed by atoms with Crippen LogP contribution >= 0.6 is 0 Å². The molecule has 9 nitrogen and oxygen atoms in total. The summed E-state index contributed by atoms with van der Waals surface area (Å²) in [4.78, 5) is 37.4. The highest BCUT2D eigenvalue weighted by atomic mass is 16.7. The third-order valence-electron chi connectivity index (χ3n) is 13.0. The van der Waals surface area contributed by atoms with Crippen LogP contribution in [0.4, 0.5) is 0 Å². The van der Waals surface area contributed by atoms with Crippen molar-refractivity contribution in [3.63, 3.8) is 0 Å². The number of esters is 2. The van der Waals surface area contributed by atoms with Gasteiger partial charge in [-0.3, -0.25) is 9.59 Å². The Morgan fingerprint density at radius 2 is 0.740 bits per heavy atom. The zero-order chi connectivity index (χ0) is 56.2. The molecule has 0 aliphatic heterocycles. The van der Waals surface area contributed by atoms with Gasteiger partial charge in [0.1, 0.15) is 13.2 Å². The van der Waals surface area contributed by atoms with Gasteiger partial charge >= 0.3 is 17.9 Å². The van der Waals surface area contributed by atoms with Crippen molar-refractivity contribution in [2.75, 3.05) is 47.5 Å². The minimum Gasteiger partial charge on any atom is -0.477 e. The van der Waals surface area contributed by atoms with Crippen molar-refractivity contribution in [3.8, 4) is 0 Å². The topological polar surface area (TPSA) is 108 Å². The summed E-state index contributed by atoms with van der Waals surface area (Å²) in [7, 11) is 5.96. The first-order valence-electron chi connectivity index (χ1n) is 31.1. The fourth-order valence-corrected chi connectivity index (χ4v) is 8.30. The molecule has 9 heteroatoms. The molecule has 0 amide bonds. The molecule has 0 aromatic rings. The zero-order valence-corrected chi connectivity index (χ0v) is 50.1. The molecule has 0 radical (unpaired) electrons. The Bertz CT molecular complexity index is 1630. The van der Waals surface area contributed by atoms with E-state index in [0.29, 0.717) is 23.9 Å². The molecule has 1 N–H and O–H groups in total. The molecule has 0 fully saturated rings. The molecule has 0 rings (SSSR count). The van der Waals surface area contributed by atoms with Gasteiger partial charge in [0, 0.05) is 12.8 Å². The third-order valence-corrected chi connectivity index (χ3v) is 13.0. The van der Waals surface area contributed by atoms with Crippen molar-refractivity contribution in [1.82, 2.24) is 0 Å². The van der Waals surface area contributed by atoms with Crippen LogP contribution in [0, 0.1) is 0 Å². The average molecular weight is 1080 g/mol. The van der Waals surface area contributed by atoms with Gasteiger partial charge in [-0.1, -0.05) is 258 Å². The van der Waals surface area contributed by atoms with E-state index in [1.165, 1.54) is 109 Å². The third kappa shape index (κ3) is 59.5. The number of carbonyl (C=O) groups is 3. The van der Waals surface area contributed by atoms with Crippen molar-refractivity contribution in [1.29, 1.82) is 0 Å². The minimum absolute atomic E-state index is 0.184. The lowest BCUT2D eigenvalue weighted by atomic mass is 10.0. The van der Waals surface area contributed by atoms with Crippen molar-refractivity contribution < 1.29 is 42.9 Å². The summed E-state index contributed by atoms with van der Waals surface area (Å²) in [6, 6.07) is 0. The molecule has 0 aliphatic rings. The number of aliphatic carboxylic acids is 1. The SMILES string of the molecule is CC/C=C\C/C=C\C/C=C\C/C=C\C/C=C\C/C=C\C/C=C\C/C=C\C/C=C\CCCCCCCCCCCCCC(=O)OC(COC(=O)CCCCCCCCCCCCCCC)COC(OCC[N+](C)(C)C)C(=O)O. The summed E-state index contributed by atoms with van der Waals surface area (Å²) in [5.41, 5.74) is 0. The van der Waals surface area contributed by atoms with E-state index in [1.807, 2.05) is 21.1 Å². The van der Waals surface area contributed by atoms with Crippen molar-refractivity contribution in [2.45, 2.75) is 257 Å².